The van der Waals surface area contributed by atoms with Gasteiger partial charge < -0.3 is 14.3 Å². The van der Waals surface area contributed by atoms with Crippen LogP contribution in [0, 0.1) is 20.8 Å². The molecule has 0 radical (unpaired) electrons. The van der Waals surface area contributed by atoms with Gasteiger partial charge in [0.2, 0.25) is 0 Å². The molecule has 5 aromatic rings. The Morgan fingerprint density at radius 2 is 1.74 bits per heavy atom. The molecular formula is C28H28N4O2. The number of rotatable bonds is 7. The van der Waals surface area contributed by atoms with Gasteiger partial charge in [0, 0.05) is 25.2 Å². The molecule has 0 aliphatic heterocycles. The quantitative estimate of drug-likeness (QED) is 0.334. The van der Waals surface area contributed by atoms with Gasteiger partial charge >= 0.3 is 0 Å². The third-order valence-electron chi connectivity index (χ3n) is 6.29. The zero-order valence-corrected chi connectivity index (χ0v) is 19.7. The first-order chi connectivity index (χ1) is 16.5. The lowest BCUT2D eigenvalue weighted by Gasteiger charge is -2.12. The summed E-state index contributed by atoms with van der Waals surface area (Å²) in [7, 11) is 0. The molecule has 2 aromatic carbocycles. The van der Waals surface area contributed by atoms with Crippen LogP contribution in [0.15, 0.2) is 77.4 Å². The number of furan rings is 1. The van der Waals surface area contributed by atoms with E-state index in [0.29, 0.717) is 17.8 Å². The largest absolute Gasteiger partial charge is 0.463 e. The van der Waals surface area contributed by atoms with E-state index in [1.165, 1.54) is 11.1 Å². The van der Waals surface area contributed by atoms with Gasteiger partial charge in [-0.1, -0.05) is 60.2 Å². The van der Waals surface area contributed by atoms with Gasteiger partial charge in [-0.3, -0.25) is 9.48 Å². The van der Waals surface area contributed by atoms with Crippen LogP contribution in [0.2, 0.25) is 0 Å². The zero-order chi connectivity index (χ0) is 23.7. The standard InChI is InChI=1S/C28H28N4O2/c1-19-9-11-23(12-10-19)18-31-24-14-16-34-26(24)17-25(31)28(33)29-27-20(2)30-32(21(27)3)15-13-22-7-5-4-6-8-22/h4-12,14,16-17H,13,15,18H2,1-3H3,(H,29,33). The van der Waals surface area contributed by atoms with Crippen LogP contribution in [0.25, 0.3) is 11.1 Å². The van der Waals surface area contributed by atoms with Gasteiger partial charge in [0.15, 0.2) is 5.58 Å². The molecule has 0 aliphatic rings. The fraction of sp³-hybridized carbons (Fsp3) is 0.214. The molecule has 1 amide bonds. The Morgan fingerprint density at radius 3 is 2.50 bits per heavy atom. The third-order valence-corrected chi connectivity index (χ3v) is 6.29. The molecule has 6 nitrogen and oxygen atoms in total. The van der Waals surface area contributed by atoms with Crippen molar-refractivity contribution >= 4 is 22.7 Å². The lowest BCUT2D eigenvalue weighted by Crippen LogP contribution is -2.18. The van der Waals surface area contributed by atoms with Crippen molar-refractivity contribution < 1.29 is 9.21 Å². The second kappa shape index (κ2) is 9.06. The minimum Gasteiger partial charge on any atom is -0.463 e. The number of fused-ring (bicyclic) bond motifs is 1. The van der Waals surface area contributed by atoms with Crippen LogP contribution in [0.4, 0.5) is 5.69 Å². The van der Waals surface area contributed by atoms with Crippen molar-refractivity contribution in [2.24, 2.45) is 0 Å². The molecule has 0 fully saturated rings. The highest BCUT2D eigenvalue weighted by Gasteiger charge is 2.21. The highest BCUT2D eigenvalue weighted by molar-refractivity contribution is 6.06. The Labute approximate surface area is 198 Å². The summed E-state index contributed by atoms with van der Waals surface area (Å²) in [5, 5.41) is 7.79. The van der Waals surface area contributed by atoms with Gasteiger partial charge in [-0.25, -0.2) is 0 Å². The summed E-state index contributed by atoms with van der Waals surface area (Å²) in [5.74, 6) is -0.174. The topological polar surface area (TPSA) is 65.0 Å². The Bertz CT molecular complexity index is 1440. The fourth-order valence-corrected chi connectivity index (χ4v) is 4.36. The number of aryl methyl sites for hydroxylation is 4. The van der Waals surface area contributed by atoms with Gasteiger partial charge in [0.25, 0.3) is 5.91 Å². The van der Waals surface area contributed by atoms with E-state index in [2.05, 4.69) is 53.7 Å². The molecule has 0 unspecified atom stereocenters. The van der Waals surface area contributed by atoms with Crippen LogP contribution < -0.4 is 5.32 Å². The van der Waals surface area contributed by atoms with E-state index < -0.39 is 0 Å². The first-order valence-electron chi connectivity index (χ1n) is 11.5. The molecule has 6 heteroatoms. The minimum absolute atomic E-state index is 0.174. The molecule has 0 saturated heterocycles. The molecule has 0 aliphatic carbocycles. The SMILES string of the molecule is Cc1ccc(Cn2c(C(=O)Nc3c(C)nn(CCc4ccccc4)c3C)cc3occc32)cc1. The Morgan fingerprint density at radius 1 is 0.971 bits per heavy atom. The monoisotopic (exact) mass is 452 g/mol. The maximum Gasteiger partial charge on any atom is 0.272 e. The van der Waals surface area contributed by atoms with Crippen molar-refractivity contribution in [2.45, 2.75) is 40.3 Å². The van der Waals surface area contributed by atoms with Crippen molar-refractivity contribution in [1.29, 1.82) is 0 Å². The average Bonchev–Trinajstić information content (AvgIpc) is 3.51. The summed E-state index contributed by atoms with van der Waals surface area (Å²) in [6.07, 6.45) is 2.54. The smallest absolute Gasteiger partial charge is 0.272 e. The number of hydrogen-bond acceptors (Lipinski definition) is 3. The molecular weight excluding hydrogens is 424 g/mol. The average molecular weight is 453 g/mol. The minimum atomic E-state index is -0.174. The van der Waals surface area contributed by atoms with E-state index in [9.17, 15) is 4.79 Å². The van der Waals surface area contributed by atoms with E-state index in [1.54, 1.807) is 6.26 Å². The van der Waals surface area contributed by atoms with Crippen LogP contribution >= 0.6 is 0 Å². The van der Waals surface area contributed by atoms with Gasteiger partial charge in [0.1, 0.15) is 5.69 Å². The summed E-state index contributed by atoms with van der Waals surface area (Å²) in [6, 6.07) is 22.4. The Balaban J connectivity index is 1.39. The maximum absolute atomic E-state index is 13.4. The molecule has 3 aromatic heterocycles. The third kappa shape index (κ3) is 4.27. The Hall–Kier alpha value is -4.06. The molecule has 5 rings (SSSR count). The van der Waals surface area contributed by atoms with Crippen molar-refractivity contribution in [1.82, 2.24) is 14.3 Å². The van der Waals surface area contributed by atoms with E-state index in [0.717, 1.165) is 41.1 Å². The second-order valence-corrected chi connectivity index (χ2v) is 8.73. The molecule has 0 bridgehead atoms. The first kappa shape index (κ1) is 21.8. The predicted molar refractivity (Wildman–Crippen MR) is 134 cm³/mol. The number of aromatic nitrogens is 3. The maximum atomic E-state index is 13.4. The highest BCUT2D eigenvalue weighted by atomic mass is 16.3. The fourth-order valence-electron chi connectivity index (χ4n) is 4.36. The van der Waals surface area contributed by atoms with E-state index >= 15 is 0 Å². The van der Waals surface area contributed by atoms with Crippen LogP contribution in [0.3, 0.4) is 0 Å². The van der Waals surface area contributed by atoms with Crippen molar-refractivity contribution in [3.8, 4) is 0 Å². The molecule has 1 N–H and O–H groups in total. The number of amides is 1. The van der Waals surface area contributed by atoms with Crippen molar-refractivity contribution in [3.63, 3.8) is 0 Å². The van der Waals surface area contributed by atoms with Crippen LogP contribution in [-0.4, -0.2) is 20.3 Å². The number of carbonyl (C=O) groups excluding carboxylic acids is 1. The van der Waals surface area contributed by atoms with E-state index in [-0.39, 0.29) is 5.91 Å². The van der Waals surface area contributed by atoms with Crippen molar-refractivity contribution in [2.75, 3.05) is 5.32 Å². The van der Waals surface area contributed by atoms with Crippen molar-refractivity contribution in [3.05, 3.63) is 107 Å². The number of nitrogens with one attached hydrogen (secondary N) is 1. The highest BCUT2D eigenvalue weighted by Crippen LogP contribution is 2.25. The zero-order valence-electron chi connectivity index (χ0n) is 19.7. The molecule has 3 heterocycles. The first-order valence-corrected chi connectivity index (χ1v) is 11.5. The second-order valence-electron chi connectivity index (χ2n) is 8.73. The van der Waals surface area contributed by atoms with Crippen LogP contribution in [0.5, 0.6) is 0 Å². The number of benzene rings is 2. The molecule has 34 heavy (non-hydrogen) atoms. The van der Waals surface area contributed by atoms with Gasteiger partial charge in [0.05, 0.1) is 28.9 Å². The summed E-state index contributed by atoms with van der Waals surface area (Å²) < 4.78 is 9.58. The van der Waals surface area contributed by atoms with Gasteiger partial charge in [-0.05, 0) is 38.3 Å². The molecule has 0 saturated carbocycles. The lowest BCUT2D eigenvalue weighted by molar-refractivity contribution is 0.101. The normalized spacial score (nSPS) is 11.3. The number of nitrogens with zero attached hydrogens (tertiary/aromatic N) is 3. The summed E-state index contributed by atoms with van der Waals surface area (Å²) >= 11 is 0. The summed E-state index contributed by atoms with van der Waals surface area (Å²) in [4.78, 5) is 13.4. The van der Waals surface area contributed by atoms with Gasteiger partial charge in [-0.15, -0.1) is 0 Å². The summed E-state index contributed by atoms with van der Waals surface area (Å²) in [6.45, 7) is 7.33. The predicted octanol–water partition coefficient (Wildman–Crippen LogP) is 5.90. The number of hydrogen-bond donors (Lipinski definition) is 1. The molecule has 0 atom stereocenters. The van der Waals surface area contributed by atoms with Gasteiger partial charge in [-0.2, -0.15) is 5.10 Å². The van der Waals surface area contributed by atoms with E-state index in [4.69, 9.17) is 4.42 Å². The number of carbonyl (C=O) groups is 1. The van der Waals surface area contributed by atoms with E-state index in [1.807, 2.05) is 53.4 Å². The van der Waals surface area contributed by atoms with Crippen LogP contribution in [0.1, 0.15) is 38.6 Å². The lowest BCUT2D eigenvalue weighted by atomic mass is 10.1. The number of anilines is 1. The van der Waals surface area contributed by atoms with Crippen LogP contribution in [-0.2, 0) is 19.5 Å². The molecule has 172 valence electrons. The Kier molecular flexibility index (Phi) is 5.80. The summed E-state index contributed by atoms with van der Waals surface area (Å²) in [5.41, 5.74) is 8.27. The molecule has 0 spiro atoms.